The predicted octanol–water partition coefficient (Wildman–Crippen LogP) is 3.50. The lowest BCUT2D eigenvalue weighted by Gasteiger charge is -1.88. The van der Waals surface area contributed by atoms with Crippen LogP contribution < -0.4 is 0 Å². The van der Waals surface area contributed by atoms with Gasteiger partial charge in [-0.2, -0.15) is 0 Å². The Morgan fingerprint density at radius 2 is 1.93 bits per heavy atom. The van der Waals surface area contributed by atoms with Gasteiger partial charge in [0.2, 0.25) is 0 Å². The summed E-state index contributed by atoms with van der Waals surface area (Å²) in [6.45, 7) is 0. The van der Waals surface area contributed by atoms with E-state index < -0.39 is 0 Å². The molecule has 0 bridgehead atoms. The smallest absolute Gasteiger partial charge is 0.147 e. The van der Waals surface area contributed by atoms with Crippen molar-refractivity contribution in [3.63, 3.8) is 0 Å². The van der Waals surface area contributed by atoms with Crippen LogP contribution in [0.3, 0.4) is 0 Å². The second kappa shape index (κ2) is 2.90. The Kier molecular flexibility index (Phi) is 1.69. The van der Waals surface area contributed by atoms with Gasteiger partial charge in [0.15, 0.2) is 5.15 Å². The Hall–Kier alpha value is -1.19. The summed E-state index contributed by atoms with van der Waals surface area (Å²) in [5.74, 6) is 0. The van der Waals surface area contributed by atoms with E-state index in [1.807, 2.05) is 18.2 Å². The molecule has 0 unspecified atom stereocenters. The van der Waals surface area contributed by atoms with E-state index in [2.05, 4.69) is 22.3 Å². The molecular formula is C10H5ClN2S. The maximum Gasteiger partial charge on any atom is 0.153 e. The molecule has 0 amide bonds. The minimum absolute atomic E-state index is 0.448. The molecule has 0 saturated heterocycles. The van der Waals surface area contributed by atoms with Crippen molar-refractivity contribution in [2.45, 2.75) is 0 Å². The van der Waals surface area contributed by atoms with Crippen molar-refractivity contribution >= 4 is 43.2 Å². The molecule has 0 spiro atoms. The molecule has 0 aliphatic heterocycles. The van der Waals surface area contributed by atoms with Crippen LogP contribution in [0.4, 0.5) is 0 Å². The third kappa shape index (κ3) is 1.10. The summed E-state index contributed by atoms with van der Waals surface area (Å²) in [6.07, 6.45) is 0. The summed E-state index contributed by atoms with van der Waals surface area (Å²) in [5.41, 5.74) is 0.940. The van der Waals surface area contributed by atoms with Gasteiger partial charge in [0, 0.05) is 10.1 Å². The molecule has 2 nitrogen and oxygen atoms in total. The van der Waals surface area contributed by atoms with Crippen LogP contribution in [-0.2, 0) is 0 Å². The topological polar surface area (TPSA) is 25.8 Å². The number of thiophene rings is 1. The Labute approximate surface area is 89.1 Å². The molecule has 3 aromatic rings. The van der Waals surface area contributed by atoms with Crippen molar-refractivity contribution in [1.29, 1.82) is 0 Å². The summed E-state index contributed by atoms with van der Waals surface area (Å²) < 4.78 is 2.31. The number of hydrogen-bond acceptors (Lipinski definition) is 3. The molecule has 1 aromatic carbocycles. The van der Waals surface area contributed by atoms with Gasteiger partial charge in [-0.15, -0.1) is 21.5 Å². The Bertz CT molecular complexity index is 618. The van der Waals surface area contributed by atoms with Crippen LogP contribution in [0.5, 0.6) is 0 Å². The molecule has 0 fully saturated rings. The zero-order valence-electron chi connectivity index (χ0n) is 7.07. The zero-order chi connectivity index (χ0) is 9.54. The van der Waals surface area contributed by atoms with Crippen molar-refractivity contribution in [3.8, 4) is 0 Å². The van der Waals surface area contributed by atoms with E-state index >= 15 is 0 Å². The SMILES string of the molecule is Clc1cc2sc3ccccc3c2nn1. The van der Waals surface area contributed by atoms with Gasteiger partial charge in [-0.25, -0.2) is 0 Å². The van der Waals surface area contributed by atoms with Crippen LogP contribution in [0, 0.1) is 0 Å². The third-order valence-corrected chi connectivity index (χ3v) is 3.38. The van der Waals surface area contributed by atoms with E-state index in [-0.39, 0.29) is 0 Å². The zero-order valence-corrected chi connectivity index (χ0v) is 8.64. The van der Waals surface area contributed by atoms with Crippen LogP contribution in [0.2, 0.25) is 5.15 Å². The maximum absolute atomic E-state index is 5.78. The average molecular weight is 221 g/mol. The first-order valence-electron chi connectivity index (χ1n) is 4.15. The molecule has 0 N–H and O–H groups in total. The van der Waals surface area contributed by atoms with E-state index in [0.717, 1.165) is 15.6 Å². The first-order valence-corrected chi connectivity index (χ1v) is 5.34. The second-order valence-electron chi connectivity index (χ2n) is 2.98. The normalized spacial score (nSPS) is 11.2. The first-order chi connectivity index (χ1) is 6.84. The third-order valence-electron chi connectivity index (χ3n) is 2.09. The minimum Gasteiger partial charge on any atom is -0.147 e. The van der Waals surface area contributed by atoms with Crippen LogP contribution in [-0.4, -0.2) is 10.2 Å². The van der Waals surface area contributed by atoms with E-state index in [9.17, 15) is 0 Å². The Morgan fingerprint density at radius 3 is 2.86 bits per heavy atom. The molecule has 2 heterocycles. The summed E-state index contributed by atoms with van der Waals surface area (Å²) in [7, 11) is 0. The Balaban J connectivity index is 2.57. The maximum atomic E-state index is 5.78. The van der Waals surface area contributed by atoms with Crippen molar-refractivity contribution in [2.24, 2.45) is 0 Å². The van der Waals surface area contributed by atoms with Crippen LogP contribution in [0.15, 0.2) is 30.3 Å². The van der Waals surface area contributed by atoms with Gasteiger partial charge in [-0.1, -0.05) is 29.8 Å². The van der Waals surface area contributed by atoms with Crippen molar-refractivity contribution < 1.29 is 0 Å². The summed E-state index contributed by atoms with van der Waals surface area (Å²) in [4.78, 5) is 0. The Morgan fingerprint density at radius 1 is 1.07 bits per heavy atom. The summed E-state index contributed by atoms with van der Waals surface area (Å²) in [6, 6.07) is 10.0. The van der Waals surface area contributed by atoms with E-state index in [1.165, 1.54) is 4.70 Å². The monoisotopic (exact) mass is 220 g/mol. The molecule has 2 aromatic heterocycles. The fourth-order valence-electron chi connectivity index (χ4n) is 1.49. The largest absolute Gasteiger partial charge is 0.153 e. The fraction of sp³-hybridized carbons (Fsp3) is 0. The molecule has 68 valence electrons. The van der Waals surface area contributed by atoms with Gasteiger partial charge < -0.3 is 0 Å². The number of benzene rings is 1. The minimum atomic E-state index is 0.448. The molecule has 14 heavy (non-hydrogen) atoms. The molecule has 0 aliphatic rings. The molecule has 0 saturated carbocycles. The van der Waals surface area contributed by atoms with Gasteiger partial charge in [-0.05, 0) is 12.1 Å². The van der Waals surface area contributed by atoms with E-state index in [4.69, 9.17) is 11.6 Å². The van der Waals surface area contributed by atoms with Crippen molar-refractivity contribution in [2.75, 3.05) is 0 Å². The molecule has 3 rings (SSSR count). The highest BCUT2D eigenvalue weighted by Crippen LogP contribution is 2.32. The number of aromatic nitrogens is 2. The standard InChI is InChI=1S/C10H5ClN2S/c11-9-5-8-10(13-12-9)6-3-1-2-4-7(6)14-8/h1-5H. The highest BCUT2D eigenvalue weighted by atomic mass is 35.5. The summed E-state index contributed by atoms with van der Waals surface area (Å²) in [5, 5.41) is 9.55. The summed E-state index contributed by atoms with van der Waals surface area (Å²) >= 11 is 7.47. The highest BCUT2D eigenvalue weighted by Gasteiger charge is 2.06. The van der Waals surface area contributed by atoms with E-state index in [1.54, 1.807) is 11.3 Å². The average Bonchev–Trinajstić information content (AvgIpc) is 2.54. The van der Waals surface area contributed by atoms with Crippen LogP contribution in [0.1, 0.15) is 0 Å². The molecular weight excluding hydrogens is 216 g/mol. The lowest BCUT2D eigenvalue weighted by Crippen LogP contribution is -1.80. The number of fused-ring (bicyclic) bond motifs is 3. The van der Waals surface area contributed by atoms with Gasteiger partial charge in [0.25, 0.3) is 0 Å². The lowest BCUT2D eigenvalue weighted by molar-refractivity contribution is 1.08. The highest BCUT2D eigenvalue weighted by molar-refractivity contribution is 7.25. The van der Waals surface area contributed by atoms with Gasteiger partial charge in [0.05, 0.1) is 4.70 Å². The molecule has 0 radical (unpaired) electrons. The molecule has 0 aliphatic carbocycles. The van der Waals surface area contributed by atoms with Gasteiger partial charge in [-0.3, -0.25) is 0 Å². The van der Waals surface area contributed by atoms with Gasteiger partial charge in [0.1, 0.15) is 5.52 Å². The fourth-order valence-corrected chi connectivity index (χ4v) is 2.77. The number of nitrogens with zero attached hydrogens (tertiary/aromatic N) is 2. The number of halogens is 1. The van der Waals surface area contributed by atoms with Crippen molar-refractivity contribution in [3.05, 3.63) is 35.5 Å². The van der Waals surface area contributed by atoms with Crippen LogP contribution >= 0.6 is 22.9 Å². The quantitative estimate of drug-likeness (QED) is 0.580. The van der Waals surface area contributed by atoms with Gasteiger partial charge >= 0.3 is 0 Å². The number of hydrogen-bond donors (Lipinski definition) is 0. The number of rotatable bonds is 0. The molecule has 4 heteroatoms. The first kappa shape index (κ1) is 8.15. The van der Waals surface area contributed by atoms with E-state index in [0.29, 0.717) is 5.15 Å². The lowest BCUT2D eigenvalue weighted by atomic mass is 10.2. The second-order valence-corrected chi connectivity index (χ2v) is 4.45. The molecule has 0 atom stereocenters. The predicted molar refractivity (Wildman–Crippen MR) is 59.9 cm³/mol. The van der Waals surface area contributed by atoms with Crippen molar-refractivity contribution in [1.82, 2.24) is 10.2 Å². The van der Waals surface area contributed by atoms with Crippen LogP contribution in [0.25, 0.3) is 20.3 Å².